The number of hydrogen-bond acceptors (Lipinski definition) is 3. The second kappa shape index (κ2) is 5.41. The van der Waals surface area contributed by atoms with E-state index in [1.54, 1.807) is 7.11 Å². The van der Waals surface area contributed by atoms with E-state index < -0.39 is 0 Å². The molecule has 0 radical (unpaired) electrons. The summed E-state index contributed by atoms with van der Waals surface area (Å²) in [7, 11) is 1.77. The Morgan fingerprint density at radius 2 is 2.12 bits per heavy atom. The maximum absolute atomic E-state index is 5.27. The molecule has 0 bridgehead atoms. The van der Waals surface area contributed by atoms with E-state index in [9.17, 15) is 0 Å². The molecule has 1 aliphatic carbocycles. The van der Waals surface area contributed by atoms with Crippen LogP contribution >= 0.6 is 0 Å². The molecular weight excluding hydrogens is 200 g/mol. The lowest BCUT2D eigenvalue weighted by Crippen LogP contribution is -2.36. The Labute approximate surface area is 97.2 Å². The van der Waals surface area contributed by atoms with E-state index in [-0.39, 0.29) is 0 Å². The molecule has 2 rings (SSSR count). The lowest BCUT2D eigenvalue weighted by molar-refractivity contribution is 0.152. The first-order chi connectivity index (χ1) is 7.81. The number of hydrogen-bond donors (Lipinski definition) is 1. The summed E-state index contributed by atoms with van der Waals surface area (Å²) in [4.78, 5) is 4.04. The number of pyridine rings is 1. The van der Waals surface area contributed by atoms with E-state index in [2.05, 4.69) is 29.4 Å². The lowest BCUT2D eigenvalue weighted by atomic mass is 10.1. The van der Waals surface area contributed by atoms with Crippen LogP contribution < -0.4 is 5.32 Å². The van der Waals surface area contributed by atoms with Crippen molar-refractivity contribution in [2.45, 2.75) is 31.8 Å². The number of nitrogens with zero attached hydrogens (tertiary/aromatic N) is 1. The first kappa shape index (κ1) is 11.6. The van der Waals surface area contributed by atoms with Crippen molar-refractivity contribution < 1.29 is 4.74 Å². The first-order valence-corrected chi connectivity index (χ1v) is 5.96. The van der Waals surface area contributed by atoms with Gasteiger partial charge in [0.1, 0.15) is 0 Å². The molecule has 0 amide bonds. The van der Waals surface area contributed by atoms with Crippen molar-refractivity contribution in [3.05, 3.63) is 30.1 Å². The molecule has 0 aromatic carbocycles. The van der Waals surface area contributed by atoms with E-state index >= 15 is 0 Å². The summed E-state index contributed by atoms with van der Waals surface area (Å²) >= 11 is 0. The highest BCUT2D eigenvalue weighted by Crippen LogP contribution is 2.33. The molecule has 3 heteroatoms. The standard InChI is InChI=1S/C13H20N2O/c1-10(11-5-7-14-8-6-11)15-13(9-16-2)12-3-4-12/h5-8,10,12-13,15H,3-4,9H2,1-2H3/t10-,13?/m1/s1. The zero-order chi connectivity index (χ0) is 11.4. The van der Waals surface area contributed by atoms with Gasteiger partial charge in [0, 0.05) is 31.6 Å². The Hall–Kier alpha value is -0.930. The minimum Gasteiger partial charge on any atom is -0.383 e. The smallest absolute Gasteiger partial charge is 0.0618 e. The van der Waals surface area contributed by atoms with Gasteiger partial charge in [0.15, 0.2) is 0 Å². The summed E-state index contributed by atoms with van der Waals surface area (Å²) < 4.78 is 5.27. The number of rotatable bonds is 6. The highest BCUT2D eigenvalue weighted by atomic mass is 16.5. The quantitative estimate of drug-likeness (QED) is 0.797. The summed E-state index contributed by atoms with van der Waals surface area (Å²) in [6.07, 6.45) is 6.36. The van der Waals surface area contributed by atoms with Crippen molar-refractivity contribution in [2.24, 2.45) is 5.92 Å². The van der Waals surface area contributed by atoms with Gasteiger partial charge >= 0.3 is 0 Å². The summed E-state index contributed by atoms with van der Waals surface area (Å²) in [6.45, 7) is 3.00. The van der Waals surface area contributed by atoms with Crippen molar-refractivity contribution in [1.82, 2.24) is 10.3 Å². The van der Waals surface area contributed by atoms with E-state index in [1.165, 1.54) is 18.4 Å². The fraction of sp³-hybridized carbons (Fsp3) is 0.615. The van der Waals surface area contributed by atoms with E-state index in [1.807, 2.05) is 12.4 Å². The molecule has 3 nitrogen and oxygen atoms in total. The minimum absolute atomic E-state index is 0.365. The number of nitrogens with one attached hydrogen (secondary N) is 1. The van der Waals surface area contributed by atoms with Gasteiger partial charge in [-0.05, 0) is 43.4 Å². The second-order valence-electron chi connectivity index (χ2n) is 4.57. The highest BCUT2D eigenvalue weighted by molar-refractivity contribution is 5.14. The summed E-state index contributed by atoms with van der Waals surface area (Å²) in [5, 5.41) is 3.64. The molecule has 1 aromatic heterocycles. The van der Waals surface area contributed by atoms with Crippen molar-refractivity contribution in [1.29, 1.82) is 0 Å². The van der Waals surface area contributed by atoms with Gasteiger partial charge in [0.05, 0.1) is 6.61 Å². The van der Waals surface area contributed by atoms with Crippen molar-refractivity contribution in [3.8, 4) is 0 Å². The van der Waals surface area contributed by atoms with Crippen LogP contribution in [0, 0.1) is 5.92 Å². The fourth-order valence-electron chi connectivity index (χ4n) is 2.07. The molecule has 2 atom stereocenters. The summed E-state index contributed by atoms with van der Waals surface area (Å²) in [5.41, 5.74) is 1.29. The Bertz CT molecular complexity index is 311. The van der Waals surface area contributed by atoms with Gasteiger partial charge in [-0.2, -0.15) is 0 Å². The highest BCUT2D eigenvalue weighted by Gasteiger charge is 2.31. The molecule has 1 aromatic rings. The van der Waals surface area contributed by atoms with E-state index in [0.717, 1.165) is 12.5 Å². The monoisotopic (exact) mass is 220 g/mol. The molecule has 1 fully saturated rings. The van der Waals surface area contributed by atoms with Crippen LogP contribution in [0.15, 0.2) is 24.5 Å². The van der Waals surface area contributed by atoms with Gasteiger partial charge in [-0.3, -0.25) is 4.98 Å². The Morgan fingerprint density at radius 3 is 2.69 bits per heavy atom. The molecular formula is C13H20N2O. The van der Waals surface area contributed by atoms with Crippen molar-refractivity contribution >= 4 is 0 Å². The van der Waals surface area contributed by atoms with Crippen LogP contribution in [0.2, 0.25) is 0 Å². The Morgan fingerprint density at radius 1 is 1.44 bits per heavy atom. The third-order valence-corrected chi connectivity index (χ3v) is 3.21. The van der Waals surface area contributed by atoms with Gasteiger partial charge < -0.3 is 10.1 Å². The van der Waals surface area contributed by atoms with Crippen molar-refractivity contribution in [3.63, 3.8) is 0 Å². The van der Waals surface area contributed by atoms with Crippen LogP contribution in [0.25, 0.3) is 0 Å². The van der Waals surface area contributed by atoms with E-state index in [4.69, 9.17) is 4.74 Å². The second-order valence-corrected chi connectivity index (χ2v) is 4.57. The SMILES string of the molecule is COCC(N[C@H](C)c1ccncc1)C1CC1. The van der Waals surface area contributed by atoms with Crippen LogP contribution in [0.3, 0.4) is 0 Å². The maximum Gasteiger partial charge on any atom is 0.0618 e. The van der Waals surface area contributed by atoms with Gasteiger partial charge in [0.25, 0.3) is 0 Å². The molecule has 88 valence electrons. The number of aromatic nitrogens is 1. The maximum atomic E-state index is 5.27. The molecule has 1 unspecified atom stereocenters. The molecule has 1 saturated carbocycles. The number of methoxy groups -OCH3 is 1. The molecule has 0 saturated heterocycles. The fourth-order valence-corrected chi connectivity index (χ4v) is 2.07. The molecule has 1 heterocycles. The number of ether oxygens (including phenoxy) is 1. The van der Waals surface area contributed by atoms with Gasteiger partial charge in [0.2, 0.25) is 0 Å². The molecule has 1 aliphatic rings. The molecule has 0 aliphatic heterocycles. The normalized spacial score (nSPS) is 19.4. The Kier molecular flexibility index (Phi) is 3.91. The summed E-state index contributed by atoms with van der Waals surface area (Å²) in [6, 6.07) is 4.99. The van der Waals surface area contributed by atoms with Crippen LogP contribution in [-0.2, 0) is 4.74 Å². The van der Waals surface area contributed by atoms with Crippen LogP contribution in [0.4, 0.5) is 0 Å². The topological polar surface area (TPSA) is 34.1 Å². The predicted molar refractivity (Wildman–Crippen MR) is 64.2 cm³/mol. The zero-order valence-electron chi connectivity index (χ0n) is 10.0. The van der Waals surface area contributed by atoms with Gasteiger partial charge in [-0.25, -0.2) is 0 Å². The van der Waals surface area contributed by atoms with Crippen LogP contribution in [0.5, 0.6) is 0 Å². The largest absolute Gasteiger partial charge is 0.383 e. The van der Waals surface area contributed by atoms with Crippen LogP contribution in [0.1, 0.15) is 31.4 Å². The first-order valence-electron chi connectivity index (χ1n) is 5.96. The average molecular weight is 220 g/mol. The minimum atomic E-state index is 0.365. The lowest BCUT2D eigenvalue weighted by Gasteiger charge is -2.22. The Balaban J connectivity index is 1.92. The van der Waals surface area contributed by atoms with Crippen LogP contribution in [-0.4, -0.2) is 24.7 Å². The van der Waals surface area contributed by atoms with Gasteiger partial charge in [-0.15, -0.1) is 0 Å². The molecule has 1 N–H and O–H groups in total. The molecule has 16 heavy (non-hydrogen) atoms. The zero-order valence-corrected chi connectivity index (χ0v) is 10.0. The van der Waals surface area contributed by atoms with Gasteiger partial charge in [-0.1, -0.05) is 0 Å². The predicted octanol–water partition coefficient (Wildman–Crippen LogP) is 2.16. The average Bonchev–Trinajstić information content (AvgIpc) is 3.13. The van der Waals surface area contributed by atoms with E-state index in [0.29, 0.717) is 12.1 Å². The summed E-state index contributed by atoms with van der Waals surface area (Å²) in [5.74, 6) is 0.809. The van der Waals surface area contributed by atoms with Crippen molar-refractivity contribution in [2.75, 3.05) is 13.7 Å². The third kappa shape index (κ3) is 3.03. The molecule has 0 spiro atoms. The third-order valence-electron chi connectivity index (χ3n) is 3.21.